The molecule has 142 valence electrons. The number of halogens is 1. The number of ketones is 1. The first kappa shape index (κ1) is 18.7. The Balaban J connectivity index is 1.86. The third-order valence-electron chi connectivity index (χ3n) is 4.16. The van der Waals surface area contributed by atoms with Crippen LogP contribution in [0.2, 0.25) is 5.02 Å². The van der Waals surface area contributed by atoms with Gasteiger partial charge in [0.25, 0.3) is 5.91 Å². The molecule has 1 aliphatic rings. The number of carbonyl (C=O) groups excluding carboxylic acids is 2. The van der Waals surface area contributed by atoms with E-state index in [0.29, 0.717) is 14.9 Å². The van der Waals surface area contributed by atoms with Crippen molar-refractivity contribution in [1.82, 2.24) is 10.2 Å². The maximum atomic E-state index is 13.0. The molecule has 1 aliphatic heterocycles. The van der Waals surface area contributed by atoms with Crippen LogP contribution in [0.15, 0.2) is 62.8 Å². The van der Waals surface area contributed by atoms with Crippen LogP contribution < -0.4 is 4.90 Å². The molecular weight excluding hydrogens is 422 g/mol. The lowest BCUT2D eigenvalue weighted by Crippen LogP contribution is -2.31. The minimum Gasteiger partial charge on any atom is -0.503 e. The second kappa shape index (κ2) is 7.42. The van der Waals surface area contributed by atoms with E-state index in [-0.39, 0.29) is 16.5 Å². The fraction of sp³-hybridized carbons (Fsp3) is 0.111. The Morgan fingerprint density at radius 1 is 1.29 bits per heavy atom. The van der Waals surface area contributed by atoms with Crippen LogP contribution in [0.4, 0.5) is 5.13 Å². The average molecular weight is 434 g/mol. The van der Waals surface area contributed by atoms with Crippen molar-refractivity contribution in [3.05, 3.63) is 70.3 Å². The SMILES string of the molecule is CSc1nnc(N2C(=O)C(O)=C(C(=O)c3ccco3)C2c2ccc(Cl)cc2)s1. The summed E-state index contributed by atoms with van der Waals surface area (Å²) in [6.07, 6.45) is 3.19. The molecule has 0 bridgehead atoms. The van der Waals surface area contributed by atoms with Gasteiger partial charge in [-0.3, -0.25) is 14.5 Å². The van der Waals surface area contributed by atoms with Crippen molar-refractivity contribution in [3.63, 3.8) is 0 Å². The van der Waals surface area contributed by atoms with Crippen molar-refractivity contribution in [2.45, 2.75) is 10.4 Å². The predicted molar refractivity (Wildman–Crippen MR) is 106 cm³/mol. The van der Waals surface area contributed by atoms with Gasteiger partial charge in [-0.1, -0.05) is 46.8 Å². The highest BCUT2D eigenvalue weighted by molar-refractivity contribution is 8.00. The van der Waals surface area contributed by atoms with Gasteiger partial charge in [0.05, 0.1) is 17.9 Å². The number of hydrogen-bond donors (Lipinski definition) is 1. The van der Waals surface area contributed by atoms with E-state index in [4.69, 9.17) is 16.0 Å². The van der Waals surface area contributed by atoms with Gasteiger partial charge in [0.1, 0.15) is 0 Å². The number of aromatic nitrogens is 2. The zero-order valence-corrected chi connectivity index (χ0v) is 16.7. The van der Waals surface area contributed by atoms with Gasteiger partial charge in [-0.05, 0) is 36.1 Å². The summed E-state index contributed by atoms with van der Waals surface area (Å²) < 4.78 is 5.84. The molecule has 3 aromatic rings. The molecule has 0 radical (unpaired) electrons. The van der Waals surface area contributed by atoms with Crippen LogP contribution in [0.25, 0.3) is 0 Å². The highest BCUT2D eigenvalue weighted by Crippen LogP contribution is 2.43. The van der Waals surface area contributed by atoms with Gasteiger partial charge in [0.15, 0.2) is 15.9 Å². The molecule has 0 saturated carbocycles. The number of rotatable bonds is 5. The number of anilines is 1. The van der Waals surface area contributed by atoms with Gasteiger partial charge in [-0.2, -0.15) is 0 Å². The zero-order valence-electron chi connectivity index (χ0n) is 14.3. The smallest absolute Gasteiger partial charge is 0.296 e. The number of hydrogen-bond acceptors (Lipinski definition) is 8. The number of furan rings is 1. The number of benzene rings is 1. The van der Waals surface area contributed by atoms with E-state index in [9.17, 15) is 14.7 Å². The monoisotopic (exact) mass is 433 g/mol. The third kappa shape index (κ3) is 3.11. The molecule has 1 N–H and O–H groups in total. The molecule has 7 nitrogen and oxygen atoms in total. The maximum absolute atomic E-state index is 13.0. The van der Waals surface area contributed by atoms with Crippen LogP contribution in [-0.2, 0) is 4.79 Å². The molecule has 0 saturated heterocycles. The van der Waals surface area contributed by atoms with Gasteiger partial charge in [-0.25, -0.2) is 0 Å². The quantitative estimate of drug-likeness (QED) is 0.364. The van der Waals surface area contributed by atoms with Crippen LogP contribution in [0.3, 0.4) is 0 Å². The number of amides is 1. The van der Waals surface area contributed by atoms with E-state index >= 15 is 0 Å². The van der Waals surface area contributed by atoms with Crippen LogP contribution in [-0.4, -0.2) is 33.3 Å². The molecule has 1 amide bonds. The lowest BCUT2D eigenvalue weighted by atomic mass is 9.95. The molecule has 28 heavy (non-hydrogen) atoms. The fourth-order valence-corrected chi connectivity index (χ4v) is 4.33. The number of Topliss-reactive ketones (excluding diaryl/α,β-unsaturated/α-hetero) is 1. The molecule has 1 aromatic carbocycles. The lowest BCUT2D eigenvalue weighted by Gasteiger charge is -2.23. The van der Waals surface area contributed by atoms with Crippen LogP contribution >= 0.6 is 34.7 Å². The van der Waals surface area contributed by atoms with Crippen LogP contribution in [0, 0.1) is 0 Å². The Morgan fingerprint density at radius 2 is 2.04 bits per heavy atom. The first-order valence-corrected chi connectivity index (χ1v) is 10.4. The number of aliphatic hydroxyl groups is 1. The summed E-state index contributed by atoms with van der Waals surface area (Å²) in [6, 6.07) is 8.84. The Kier molecular flexibility index (Phi) is 4.96. The summed E-state index contributed by atoms with van der Waals surface area (Å²) in [5.41, 5.74) is 0.515. The van der Waals surface area contributed by atoms with Crippen molar-refractivity contribution in [3.8, 4) is 0 Å². The van der Waals surface area contributed by atoms with E-state index in [0.717, 1.165) is 0 Å². The largest absolute Gasteiger partial charge is 0.503 e. The summed E-state index contributed by atoms with van der Waals surface area (Å²) in [4.78, 5) is 27.1. The summed E-state index contributed by atoms with van der Waals surface area (Å²) in [5.74, 6) is -1.91. The average Bonchev–Trinajstić information content (AvgIpc) is 3.43. The van der Waals surface area contributed by atoms with Crippen molar-refractivity contribution in [2.24, 2.45) is 0 Å². The van der Waals surface area contributed by atoms with Crippen molar-refractivity contribution in [2.75, 3.05) is 11.2 Å². The summed E-state index contributed by atoms with van der Waals surface area (Å²) in [7, 11) is 0. The van der Waals surface area contributed by atoms with E-state index < -0.39 is 23.5 Å². The molecule has 1 unspecified atom stereocenters. The van der Waals surface area contributed by atoms with Crippen molar-refractivity contribution in [1.29, 1.82) is 0 Å². The number of carbonyl (C=O) groups is 2. The highest BCUT2D eigenvalue weighted by atomic mass is 35.5. The fourth-order valence-electron chi connectivity index (χ4n) is 2.92. The Hall–Kier alpha value is -2.62. The maximum Gasteiger partial charge on any atom is 0.296 e. The van der Waals surface area contributed by atoms with E-state index in [1.807, 2.05) is 6.26 Å². The van der Waals surface area contributed by atoms with Crippen LogP contribution in [0.1, 0.15) is 22.2 Å². The molecule has 2 aromatic heterocycles. The Bertz CT molecular complexity index is 1080. The second-order valence-corrected chi connectivity index (χ2v) is 8.20. The van der Waals surface area contributed by atoms with Crippen molar-refractivity contribution >= 4 is 51.5 Å². The second-order valence-electron chi connectivity index (χ2n) is 5.75. The predicted octanol–water partition coefficient (Wildman–Crippen LogP) is 4.29. The molecule has 1 atom stereocenters. The normalized spacial score (nSPS) is 16.9. The Labute approximate surface area is 172 Å². The van der Waals surface area contributed by atoms with Gasteiger partial charge in [0.2, 0.25) is 10.9 Å². The molecular formula is C18H12ClN3O4S2. The molecule has 0 aliphatic carbocycles. The standard InChI is InChI=1S/C18H12ClN3O4S2/c1-27-18-21-20-17(28-18)22-13(9-4-6-10(19)7-5-9)12(15(24)16(22)25)14(23)11-3-2-8-26-11/h2-8,13,24H,1H3. The number of aliphatic hydroxyl groups excluding tert-OH is 1. The lowest BCUT2D eigenvalue weighted by molar-refractivity contribution is -0.117. The summed E-state index contributed by atoms with van der Waals surface area (Å²) >= 11 is 8.57. The summed E-state index contributed by atoms with van der Waals surface area (Å²) in [6.45, 7) is 0. The first-order chi connectivity index (χ1) is 13.5. The minimum atomic E-state index is -0.884. The first-order valence-electron chi connectivity index (χ1n) is 7.99. The minimum absolute atomic E-state index is 0.0252. The zero-order chi connectivity index (χ0) is 19.8. The third-order valence-corrected chi connectivity index (χ3v) is 6.31. The van der Waals surface area contributed by atoms with E-state index in [1.165, 1.54) is 40.3 Å². The van der Waals surface area contributed by atoms with Crippen LogP contribution in [0.5, 0.6) is 0 Å². The molecule has 3 heterocycles. The van der Waals surface area contributed by atoms with E-state index in [1.54, 1.807) is 30.3 Å². The van der Waals surface area contributed by atoms with Crippen molar-refractivity contribution < 1.29 is 19.1 Å². The molecule has 10 heteroatoms. The van der Waals surface area contributed by atoms with Gasteiger partial charge in [-0.15, -0.1) is 10.2 Å². The molecule has 4 rings (SSSR count). The van der Waals surface area contributed by atoms with Gasteiger partial charge >= 0.3 is 0 Å². The topological polar surface area (TPSA) is 96.5 Å². The number of nitrogens with zero attached hydrogens (tertiary/aromatic N) is 3. The molecule has 0 spiro atoms. The molecule has 0 fully saturated rings. The van der Waals surface area contributed by atoms with E-state index in [2.05, 4.69) is 10.2 Å². The van der Waals surface area contributed by atoms with Gasteiger partial charge in [0, 0.05) is 5.02 Å². The highest BCUT2D eigenvalue weighted by Gasteiger charge is 2.46. The number of thioether (sulfide) groups is 1. The Morgan fingerprint density at radius 3 is 2.64 bits per heavy atom. The van der Waals surface area contributed by atoms with Gasteiger partial charge < -0.3 is 9.52 Å². The summed E-state index contributed by atoms with van der Waals surface area (Å²) in [5, 5.41) is 19.4.